The van der Waals surface area contributed by atoms with Crippen molar-refractivity contribution in [2.75, 3.05) is 18.5 Å². The van der Waals surface area contributed by atoms with Crippen LogP contribution in [-0.4, -0.2) is 41.6 Å². The summed E-state index contributed by atoms with van der Waals surface area (Å²) in [6.45, 7) is 0.507. The van der Waals surface area contributed by atoms with E-state index in [1.54, 1.807) is 30.3 Å². The molecule has 1 aliphatic heterocycles. The molecule has 2 aromatic carbocycles. The van der Waals surface area contributed by atoms with E-state index in [9.17, 15) is 9.59 Å². The van der Waals surface area contributed by atoms with Gasteiger partial charge in [0.1, 0.15) is 5.56 Å². The Morgan fingerprint density at radius 1 is 1.07 bits per heavy atom. The van der Waals surface area contributed by atoms with Crippen LogP contribution in [0.3, 0.4) is 0 Å². The second-order valence-corrected chi connectivity index (χ2v) is 7.12. The summed E-state index contributed by atoms with van der Waals surface area (Å²) in [5.74, 6) is 0.115. The van der Waals surface area contributed by atoms with Crippen molar-refractivity contribution in [1.82, 2.24) is 0 Å². The van der Waals surface area contributed by atoms with Crippen molar-refractivity contribution >= 4 is 28.7 Å². The summed E-state index contributed by atoms with van der Waals surface area (Å²) in [5, 5.41) is 12.3. The molecule has 0 saturated carbocycles. The molecule has 2 aliphatic carbocycles. The number of carbonyl (C=O) groups excluding carboxylic acids is 2. The highest BCUT2D eigenvalue weighted by molar-refractivity contribution is 6.32. The summed E-state index contributed by atoms with van der Waals surface area (Å²) in [4.78, 5) is 30.1. The molecule has 0 aromatic heterocycles. The fraction of sp³-hybridized carbons (Fsp3) is 0.174. The molecule has 0 amide bonds. The largest absolute Gasteiger partial charge is 0.468 e. The summed E-state index contributed by atoms with van der Waals surface area (Å²) in [7, 11) is 0. The van der Waals surface area contributed by atoms with Crippen molar-refractivity contribution < 1.29 is 24.4 Å². The van der Waals surface area contributed by atoms with Crippen molar-refractivity contribution in [3.05, 3.63) is 76.9 Å². The van der Waals surface area contributed by atoms with Gasteiger partial charge in [0.15, 0.2) is 11.5 Å². The Labute approximate surface area is 167 Å². The highest BCUT2D eigenvalue weighted by atomic mass is 16.5. The number of carbonyl (C=O) groups is 2. The first kappa shape index (κ1) is 17.6. The molecule has 1 unspecified atom stereocenters. The molecule has 144 valence electrons. The number of ketones is 2. The number of hydrogen-bond acceptors (Lipinski definition) is 5. The second-order valence-electron chi connectivity index (χ2n) is 7.12. The fourth-order valence-corrected chi connectivity index (χ4v) is 3.95. The van der Waals surface area contributed by atoms with Gasteiger partial charge in [0.05, 0.1) is 11.3 Å². The number of benzene rings is 2. The van der Waals surface area contributed by atoms with Crippen LogP contribution in [0.15, 0.2) is 54.6 Å². The number of rotatable bonds is 4. The molecule has 0 bridgehead atoms. The number of allylic oxidation sites excluding steroid dienone is 2. The normalized spacial score (nSPS) is 18.2. The van der Waals surface area contributed by atoms with Crippen LogP contribution < -0.4 is 15.0 Å². The molecule has 1 heterocycles. The van der Waals surface area contributed by atoms with Gasteiger partial charge in [-0.25, -0.2) is 4.99 Å². The zero-order chi connectivity index (χ0) is 20.0. The minimum Gasteiger partial charge on any atom is -0.468 e. The van der Waals surface area contributed by atoms with Gasteiger partial charge in [-0.15, -0.1) is 0 Å². The predicted molar refractivity (Wildman–Crippen MR) is 108 cm³/mol. The minimum atomic E-state index is -0.266. The Morgan fingerprint density at radius 2 is 1.83 bits per heavy atom. The maximum Gasteiger partial charge on any atom is 0.258 e. The van der Waals surface area contributed by atoms with Crippen LogP contribution in [-0.2, 0) is 0 Å². The average Bonchev–Trinajstić information content (AvgIpc) is 2.75. The monoisotopic (exact) mass is 387 g/mol. The van der Waals surface area contributed by atoms with Crippen molar-refractivity contribution in [2.45, 2.75) is 12.5 Å². The van der Waals surface area contributed by atoms with Crippen LogP contribution in [0, 0.1) is 0 Å². The van der Waals surface area contributed by atoms with E-state index >= 15 is 0 Å². The lowest BCUT2D eigenvalue weighted by Gasteiger charge is -2.25. The van der Waals surface area contributed by atoms with E-state index in [4.69, 9.17) is 9.84 Å². The van der Waals surface area contributed by atoms with Crippen molar-refractivity contribution in [3.8, 4) is 5.75 Å². The molecule has 0 saturated heterocycles. The van der Waals surface area contributed by atoms with E-state index in [0.29, 0.717) is 52.3 Å². The summed E-state index contributed by atoms with van der Waals surface area (Å²) >= 11 is 0. The number of aliphatic hydroxyl groups excluding tert-OH is 1. The van der Waals surface area contributed by atoms with E-state index in [1.807, 2.05) is 24.3 Å². The summed E-state index contributed by atoms with van der Waals surface area (Å²) in [6, 6.07) is 8.64. The first-order chi connectivity index (χ1) is 14.2. The molecule has 2 aromatic rings. The average molecular weight is 387 g/mol. The van der Waals surface area contributed by atoms with Gasteiger partial charge >= 0.3 is 0 Å². The molecule has 29 heavy (non-hydrogen) atoms. The molecule has 6 heteroatoms. The molecule has 0 spiro atoms. The van der Waals surface area contributed by atoms with E-state index in [2.05, 4.69) is 10.3 Å². The molecule has 1 atom stereocenters. The highest BCUT2D eigenvalue weighted by Gasteiger charge is 2.40. The lowest BCUT2D eigenvalue weighted by molar-refractivity contribution is -0.362. The second kappa shape index (κ2) is 6.83. The zero-order valence-corrected chi connectivity index (χ0v) is 15.6. The fourth-order valence-electron chi connectivity index (χ4n) is 3.95. The molecular weight excluding hydrogens is 368 g/mol. The Morgan fingerprint density at radius 3 is 2.59 bits per heavy atom. The Bertz CT molecular complexity index is 1140. The lowest BCUT2D eigenvalue weighted by Crippen LogP contribution is -2.72. The maximum atomic E-state index is 13.4. The van der Waals surface area contributed by atoms with E-state index < -0.39 is 0 Å². The SMILES string of the molecule is O=C1c2ccccc2C(=O)c2c3c(cc(NCCCO)c21)OC1C=CC=CC1=[NH+]3. The van der Waals surface area contributed by atoms with Gasteiger partial charge in [-0.05, 0) is 12.5 Å². The molecule has 0 fully saturated rings. The smallest absolute Gasteiger partial charge is 0.258 e. The van der Waals surface area contributed by atoms with Gasteiger partial charge in [0, 0.05) is 36.4 Å². The third-order valence-electron chi connectivity index (χ3n) is 5.31. The van der Waals surface area contributed by atoms with Gasteiger partial charge in [-0.1, -0.05) is 36.4 Å². The van der Waals surface area contributed by atoms with Crippen LogP contribution >= 0.6 is 0 Å². The first-order valence-corrected chi connectivity index (χ1v) is 9.58. The molecule has 5 rings (SSSR count). The predicted octanol–water partition coefficient (Wildman–Crippen LogP) is 1.30. The van der Waals surface area contributed by atoms with Gasteiger partial charge in [0.2, 0.25) is 17.6 Å². The minimum absolute atomic E-state index is 0.0332. The van der Waals surface area contributed by atoms with Gasteiger partial charge in [0.25, 0.3) is 5.69 Å². The number of nitrogens with one attached hydrogen (secondary N) is 2. The zero-order valence-electron chi connectivity index (χ0n) is 15.6. The summed E-state index contributed by atoms with van der Waals surface area (Å²) in [5.41, 5.74) is 3.35. The van der Waals surface area contributed by atoms with E-state index in [-0.39, 0.29) is 24.3 Å². The quantitative estimate of drug-likeness (QED) is 0.587. The molecule has 0 radical (unpaired) electrons. The number of hydrogen-bond donors (Lipinski definition) is 3. The van der Waals surface area contributed by atoms with Crippen molar-refractivity contribution in [1.29, 1.82) is 0 Å². The van der Waals surface area contributed by atoms with E-state index in [1.165, 1.54) is 0 Å². The Kier molecular flexibility index (Phi) is 4.14. The first-order valence-electron chi connectivity index (χ1n) is 9.58. The maximum absolute atomic E-state index is 13.4. The van der Waals surface area contributed by atoms with E-state index in [0.717, 1.165) is 5.71 Å². The number of ether oxygens (including phenoxy) is 1. The van der Waals surface area contributed by atoms with Crippen LogP contribution in [0.1, 0.15) is 38.3 Å². The van der Waals surface area contributed by atoms with Gasteiger partial charge in [-0.2, -0.15) is 0 Å². The number of aliphatic hydroxyl groups is 1. The van der Waals surface area contributed by atoms with Gasteiger partial charge in [-0.3, -0.25) is 9.59 Å². The van der Waals surface area contributed by atoms with Crippen LogP contribution in [0.2, 0.25) is 0 Å². The topological polar surface area (TPSA) is 89.6 Å². The standard InChI is InChI=1S/C23H18N2O4/c26-11-5-10-24-16-12-18-21(25-15-8-3-4-9-17(15)29-18)20-19(16)22(27)13-6-1-2-7-14(13)23(20)28/h1-4,6-9,12,17,24,26H,5,10-11H2/p+1. The Hall–Kier alpha value is -3.51. The lowest BCUT2D eigenvalue weighted by atomic mass is 9.81. The summed E-state index contributed by atoms with van der Waals surface area (Å²) in [6.07, 6.45) is 7.88. The molecule has 6 nitrogen and oxygen atoms in total. The highest BCUT2D eigenvalue weighted by Crippen LogP contribution is 2.41. The molecular formula is C23H19N2O4+. The Balaban J connectivity index is 1.74. The van der Waals surface area contributed by atoms with Gasteiger partial charge < -0.3 is 15.2 Å². The van der Waals surface area contributed by atoms with Crippen LogP contribution in [0.5, 0.6) is 5.75 Å². The number of fused-ring (bicyclic) bond motifs is 5. The third kappa shape index (κ3) is 2.72. The molecule has 3 aliphatic rings. The third-order valence-corrected chi connectivity index (χ3v) is 5.31. The number of anilines is 1. The summed E-state index contributed by atoms with van der Waals surface area (Å²) < 4.78 is 6.13. The van der Waals surface area contributed by atoms with Crippen LogP contribution in [0.25, 0.3) is 0 Å². The van der Waals surface area contributed by atoms with Crippen molar-refractivity contribution in [3.63, 3.8) is 0 Å². The van der Waals surface area contributed by atoms with Crippen molar-refractivity contribution in [2.24, 2.45) is 0 Å². The molecule has 3 N–H and O–H groups in total. The van der Waals surface area contributed by atoms with Crippen LogP contribution in [0.4, 0.5) is 11.4 Å².